The van der Waals surface area contributed by atoms with E-state index in [0.29, 0.717) is 12.8 Å². The first-order valence-corrected chi connectivity index (χ1v) is 14.8. The molecule has 0 aromatic rings. The molecule has 0 aliphatic rings. The third-order valence-corrected chi connectivity index (χ3v) is 6.41. The molecule has 2 unspecified atom stereocenters. The Bertz CT molecular complexity index is 712. The van der Waals surface area contributed by atoms with Crippen LogP contribution in [0.5, 0.6) is 0 Å². The first-order chi connectivity index (χ1) is 18.6. The van der Waals surface area contributed by atoms with Crippen LogP contribution in [0.1, 0.15) is 104 Å². The molecule has 226 valence electrons. The zero-order chi connectivity index (χ0) is 29.4. The Balaban J connectivity index is 4.05. The van der Waals surface area contributed by atoms with Gasteiger partial charge in [-0.3, -0.25) is 9.59 Å². The third kappa shape index (κ3) is 23.4. The molecule has 0 heterocycles. The summed E-state index contributed by atoms with van der Waals surface area (Å²) >= 11 is 0. The maximum absolute atomic E-state index is 12.3. The number of hydrogen-bond donors (Lipinski definition) is 1. The van der Waals surface area contributed by atoms with Crippen molar-refractivity contribution >= 4 is 17.9 Å². The Hall–Kier alpha value is -2.19. The minimum Gasteiger partial charge on any atom is -0.477 e. The highest BCUT2D eigenvalue weighted by molar-refractivity contribution is 5.72. The highest BCUT2D eigenvalue weighted by Gasteiger charge is 2.31. The standard InChI is InChI=1S/C31H55NO7/c1-6-7-8-9-10-11-12-13-14-15-16-17-18-19-20-21-22-30(34)39-28(26-38-27(2)33)25-37-24-23-29(31(35)36)32(3,4)5/h11-12,14-15,28-29H,6-10,13,16-26H2,1-5H3/p+1/b12-11-,15-14-. The van der Waals surface area contributed by atoms with E-state index in [1.807, 2.05) is 21.1 Å². The van der Waals surface area contributed by atoms with Gasteiger partial charge in [0.05, 0.1) is 34.4 Å². The summed E-state index contributed by atoms with van der Waals surface area (Å²) in [6, 6.07) is -0.609. The van der Waals surface area contributed by atoms with E-state index in [4.69, 9.17) is 14.2 Å². The minimum atomic E-state index is -0.887. The van der Waals surface area contributed by atoms with Crippen LogP contribution in [-0.2, 0) is 28.6 Å². The minimum absolute atomic E-state index is 0.0464. The van der Waals surface area contributed by atoms with E-state index in [1.54, 1.807) is 0 Å². The normalized spacial score (nSPS) is 13.6. The highest BCUT2D eigenvalue weighted by atomic mass is 16.6. The molecule has 0 bridgehead atoms. The van der Waals surface area contributed by atoms with Gasteiger partial charge in [-0.15, -0.1) is 0 Å². The highest BCUT2D eigenvalue weighted by Crippen LogP contribution is 2.11. The molecule has 0 aliphatic carbocycles. The monoisotopic (exact) mass is 554 g/mol. The fraction of sp³-hybridized carbons (Fsp3) is 0.774. The van der Waals surface area contributed by atoms with Crippen molar-refractivity contribution in [1.82, 2.24) is 0 Å². The summed E-state index contributed by atoms with van der Waals surface area (Å²) in [5, 5.41) is 9.42. The number of allylic oxidation sites excluding steroid dienone is 4. The second kappa shape index (κ2) is 23.7. The number of rotatable bonds is 25. The zero-order valence-corrected chi connectivity index (χ0v) is 25.3. The van der Waals surface area contributed by atoms with E-state index in [2.05, 4.69) is 31.2 Å². The Morgan fingerprint density at radius 1 is 0.821 bits per heavy atom. The summed E-state index contributed by atoms with van der Waals surface area (Å²) < 4.78 is 16.3. The zero-order valence-electron chi connectivity index (χ0n) is 25.3. The predicted molar refractivity (Wildman–Crippen MR) is 155 cm³/mol. The molecule has 1 N–H and O–H groups in total. The summed E-state index contributed by atoms with van der Waals surface area (Å²) in [7, 11) is 5.45. The SMILES string of the molecule is CCCCCC/C=C\C/C=C\CCCCCCCC(=O)OC(COCCC(C(=O)O)[N+](C)(C)C)COC(C)=O. The molecule has 8 heteroatoms. The van der Waals surface area contributed by atoms with Crippen molar-refractivity contribution in [3.05, 3.63) is 24.3 Å². The number of unbranched alkanes of at least 4 members (excludes halogenated alkanes) is 9. The summed E-state index contributed by atoms with van der Waals surface area (Å²) in [6.07, 6.45) is 22.6. The van der Waals surface area contributed by atoms with Crippen molar-refractivity contribution in [2.24, 2.45) is 0 Å². The Morgan fingerprint density at radius 3 is 1.97 bits per heavy atom. The average Bonchev–Trinajstić information content (AvgIpc) is 2.85. The van der Waals surface area contributed by atoms with Crippen LogP contribution in [0.3, 0.4) is 0 Å². The molecule has 0 saturated heterocycles. The van der Waals surface area contributed by atoms with Crippen molar-refractivity contribution in [1.29, 1.82) is 0 Å². The molecule has 39 heavy (non-hydrogen) atoms. The molecule has 2 atom stereocenters. The Labute approximate surface area is 237 Å². The van der Waals surface area contributed by atoms with E-state index in [-0.39, 0.29) is 30.3 Å². The van der Waals surface area contributed by atoms with E-state index >= 15 is 0 Å². The van der Waals surface area contributed by atoms with E-state index in [0.717, 1.165) is 44.9 Å². The van der Waals surface area contributed by atoms with Crippen LogP contribution in [-0.4, -0.2) is 80.6 Å². The molecule has 0 rings (SSSR count). The number of carboxylic acid groups (broad SMARTS) is 1. The molecule has 0 aromatic heterocycles. The smallest absolute Gasteiger partial charge is 0.362 e. The molecule has 0 saturated carbocycles. The number of likely N-dealkylation sites (N-methyl/N-ethyl adjacent to an activating group) is 1. The lowest BCUT2D eigenvalue weighted by atomic mass is 10.1. The number of carboxylic acids is 1. The van der Waals surface area contributed by atoms with Crippen LogP contribution in [0, 0.1) is 0 Å². The molecule has 0 spiro atoms. The lowest BCUT2D eigenvalue weighted by Crippen LogP contribution is -2.50. The molecule has 0 fully saturated rings. The summed E-state index contributed by atoms with van der Waals surface area (Å²) in [5.74, 6) is -1.69. The van der Waals surface area contributed by atoms with Gasteiger partial charge >= 0.3 is 17.9 Å². The van der Waals surface area contributed by atoms with E-state index in [9.17, 15) is 19.5 Å². The quantitative estimate of drug-likeness (QED) is 0.0618. The number of carbonyl (C=O) groups excluding carboxylic acids is 2. The number of aliphatic carboxylic acids is 1. The lowest BCUT2D eigenvalue weighted by Gasteiger charge is -2.31. The number of hydrogen-bond acceptors (Lipinski definition) is 6. The lowest BCUT2D eigenvalue weighted by molar-refractivity contribution is -0.887. The van der Waals surface area contributed by atoms with Gasteiger partial charge in [-0.1, -0.05) is 69.8 Å². The van der Waals surface area contributed by atoms with Gasteiger partial charge in [0, 0.05) is 19.8 Å². The van der Waals surface area contributed by atoms with Gasteiger partial charge in [0.15, 0.2) is 12.1 Å². The maximum atomic E-state index is 12.3. The first-order valence-electron chi connectivity index (χ1n) is 14.8. The molecule has 0 radical (unpaired) electrons. The maximum Gasteiger partial charge on any atom is 0.362 e. The number of quaternary nitrogens is 1. The van der Waals surface area contributed by atoms with E-state index < -0.39 is 24.1 Å². The second-order valence-electron chi connectivity index (χ2n) is 11.1. The van der Waals surface area contributed by atoms with Crippen LogP contribution in [0.2, 0.25) is 0 Å². The molecular weight excluding hydrogens is 498 g/mol. The van der Waals surface area contributed by atoms with Crippen molar-refractivity contribution in [3.63, 3.8) is 0 Å². The fourth-order valence-corrected chi connectivity index (χ4v) is 4.08. The van der Waals surface area contributed by atoms with E-state index in [1.165, 1.54) is 39.0 Å². The molecular formula is C31H56NO7+. The van der Waals surface area contributed by atoms with Gasteiger partial charge < -0.3 is 23.8 Å². The van der Waals surface area contributed by atoms with Crippen molar-refractivity contribution in [3.8, 4) is 0 Å². The largest absolute Gasteiger partial charge is 0.477 e. The predicted octanol–water partition coefficient (Wildman–Crippen LogP) is 6.23. The summed E-state index contributed by atoms with van der Waals surface area (Å²) in [4.78, 5) is 35.0. The Kier molecular flexibility index (Phi) is 22.3. The van der Waals surface area contributed by atoms with Crippen LogP contribution in [0.25, 0.3) is 0 Å². The van der Waals surface area contributed by atoms with Gasteiger partial charge in [-0.2, -0.15) is 0 Å². The van der Waals surface area contributed by atoms with Crippen molar-refractivity contribution in [2.75, 3.05) is 41.0 Å². The molecule has 0 amide bonds. The van der Waals surface area contributed by atoms with Crippen LogP contribution in [0.15, 0.2) is 24.3 Å². The fourth-order valence-electron chi connectivity index (χ4n) is 4.08. The van der Waals surface area contributed by atoms with Gasteiger partial charge in [0.1, 0.15) is 6.61 Å². The van der Waals surface area contributed by atoms with Gasteiger partial charge in [0.25, 0.3) is 0 Å². The number of esters is 2. The van der Waals surface area contributed by atoms with Gasteiger partial charge in [-0.05, 0) is 38.5 Å². The second-order valence-corrected chi connectivity index (χ2v) is 11.1. The van der Waals surface area contributed by atoms with Crippen LogP contribution in [0.4, 0.5) is 0 Å². The van der Waals surface area contributed by atoms with Gasteiger partial charge in [-0.25, -0.2) is 4.79 Å². The van der Waals surface area contributed by atoms with Gasteiger partial charge in [0.2, 0.25) is 0 Å². The molecule has 0 aliphatic heterocycles. The topological polar surface area (TPSA) is 99.1 Å². The number of nitrogens with zero attached hydrogens (tertiary/aromatic N) is 1. The van der Waals surface area contributed by atoms with Crippen molar-refractivity contribution < 1.29 is 38.2 Å². The van der Waals surface area contributed by atoms with Crippen LogP contribution < -0.4 is 0 Å². The summed E-state index contributed by atoms with van der Waals surface area (Å²) in [6.45, 7) is 3.69. The molecule has 0 aromatic carbocycles. The summed E-state index contributed by atoms with van der Waals surface area (Å²) in [5.41, 5.74) is 0. The third-order valence-electron chi connectivity index (χ3n) is 6.41. The molecule has 8 nitrogen and oxygen atoms in total. The average molecular weight is 555 g/mol. The van der Waals surface area contributed by atoms with Crippen LogP contribution >= 0.6 is 0 Å². The first kappa shape index (κ1) is 36.8. The Morgan fingerprint density at radius 2 is 1.41 bits per heavy atom. The number of ether oxygens (including phenoxy) is 3. The van der Waals surface area contributed by atoms with Crippen molar-refractivity contribution in [2.45, 2.75) is 116 Å². The number of carbonyl (C=O) groups is 3.